The summed E-state index contributed by atoms with van der Waals surface area (Å²) in [4.78, 5) is 14.4. The molecule has 3 aromatic rings. The second kappa shape index (κ2) is 8.27. The Bertz CT molecular complexity index is 950. The number of ether oxygens (including phenoxy) is 1. The van der Waals surface area contributed by atoms with E-state index in [9.17, 15) is 4.79 Å². The topological polar surface area (TPSA) is 67.4 Å². The van der Waals surface area contributed by atoms with Crippen LogP contribution in [-0.4, -0.2) is 35.3 Å². The van der Waals surface area contributed by atoms with Crippen LogP contribution in [0.25, 0.3) is 0 Å². The number of nitrogens with one attached hydrogen (secondary N) is 1. The van der Waals surface area contributed by atoms with Crippen molar-refractivity contribution in [1.29, 1.82) is 0 Å². The van der Waals surface area contributed by atoms with Gasteiger partial charge in [-0.2, -0.15) is 0 Å². The van der Waals surface area contributed by atoms with E-state index in [1.807, 2.05) is 60.7 Å². The Morgan fingerprint density at radius 3 is 2.68 bits per heavy atom. The molecule has 4 rings (SSSR count). The lowest BCUT2D eigenvalue weighted by Gasteiger charge is -2.17. The highest BCUT2D eigenvalue weighted by Crippen LogP contribution is 2.24. The smallest absolute Gasteiger partial charge is 0.276 e. The van der Waals surface area contributed by atoms with Gasteiger partial charge in [0, 0.05) is 23.7 Å². The lowest BCUT2D eigenvalue weighted by Crippen LogP contribution is -2.25. The summed E-state index contributed by atoms with van der Waals surface area (Å²) in [5.41, 5.74) is 0.998. The van der Waals surface area contributed by atoms with Crippen molar-refractivity contribution in [2.24, 2.45) is 0 Å². The van der Waals surface area contributed by atoms with E-state index in [1.54, 1.807) is 6.07 Å². The molecule has 1 fully saturated rings. The lowest BCUT2D eigenvalue weighted by atomic mass is 10.3. The fourth-order valence-corrected chi connectivity index (χ4v) is 3.28. The number of carbonyl (C=O) groups is 1. The Labute approximate surface area is 168 Å². The van der Waals surface area contributed by atoms with Gasteiger partial charge in [0.05, 0.1) is 6.54 Å². The van der Waals surface area contributed by atoms with Crippen LogP contribution in [0.4, 0.5) is 11.5 Å². The molecular formula is C21H19ClN4O2. The third kappa shape index (κ3) is 4.40. The molecule has 7 heteroatoms. The molecule has 1 aliphatic rings. The average molecular weight is 395 g/mol. The van der Waals surface area contributed by atoms with Gasteiger partial charge in [0.15, 0.2) is 11.5 Å². The Kier molecular flexibility index (Phi) is 5.39. The quantitative estimate of drug-likeness (QED) is 0.707. The van der Waals surface area contributed by atoms with Crippen molar-refractivity contribution in [2.75, 3.05) is 23.3 Å². The number of amides is 1. The van der Waals surface area contributed by atoms with Crippen molar-refractivity contribution in [2.45, 2.75) is 12.5 Å². The van der Waals surface area contributed by atoms with Gasteiger partial charge in [-0.1, -0.05) is 35.9 Å². The van der Waals surface area contributed by atoms with Crippen molar-refractivity contribution in [3.05, 3.63) is 77.4 Å². The molecule has 1 saturated heterocycles. The van der Waals surface area contributed by atoms with Crippen LogP contribution in [0.15, 0.2) is 66.7 Å². The van der Waals surface area contributed by atoms with Gasteiger partial charge in [0.2, 0.25) is 0 Å². The number of rotatable bonds is 5. The standard InChI is InChI=1S/C21H19ClN4O2/c22-15-5-4-8-17(13-15)28-18-11-12-26(14-18)20-10-9-19(24-25-20)21(27)23-16-6-2-1-3-7-16/h1-10,13,18H,11-12,14H2,(H,23,27). The van der Waals surface area contributed by atoms with Crippen LogP contribution in [0, 0.1) is 0 Å². The van der Waals surface area contributed by atoms with E-state index in [4.69, 9.17) is 16.3 Å². The minimum absolute atomic E-state index is 0.0568. The summed E-state index contributed by atoms with van der Waals surface area (Å²) >= 11 is 6.00. The van der Waals surface area contributed by atoms with Crippen LogP contribution >= 0.6 is 11.6 Å². The molecule has 28 heavy (non-hydrogen) atoms. The molecule has 0 aliphatic carbocycles. The van der Waals surface area contributed by atoms with E-state index in [1.165, 1.54) is 0 Å². The molecule has 0 radical (unpaired) electrons. The third-order valence-corrected chi connectivity index (χ3v) is 4.72. The highest BCUT2D eigenvalue weighted by atomic mass is 35.5. The maximum absolute atomic E-state index is 12.3. The molecule has 0 bridgehead atoms. The van der Waals surface area contributed by atoms with Crippen LogP contribution in [0.1, 0.15) is 16.9 Å². The molecule has 1 aliphatic heterocycles. The first-order valence-corrected chi connectivity index (χ1v) is 9.42. The number of hydrogen-bond donors (Lipinski definition) is 1. The molecule has 1 atom stereocenters. The Morgan fingerprint density at radius 1 is 1.07 bits per heavy atom. The minimum Gasteiger partial charge on any atom is -0.488 e. The van der Waals surface area contributed by atoms with Gasteiger partial charge in [-0.15, -0.1) is 10.2 Å². The second-order valence-electron chi connectivity index (χ2n) is 6.53. The fraction of sp³-hybridized carbons (Fsp3) is 0.190. The summed E-state index contributed by atoms with van der Waals surface area (Å²) in [5.74, 6) is 1.21. The predicted octanol–water partition coefficient (Wildman–Crippen LogP) is 4.04. The summed E-state index contributed by atoms with van der Waals surface area (Å²) in [7, 11) is 0. The van der Waals surface area contributed by atoms with Gasteiger partial charge >= 0.3 is 0 Å². The fourth-order valence-electron chi connectivity index (χ4n) is 3.10. The molecule has 1 N–H and O–H groups in total. The van der Waals surface area contributed by atoms with Crippen molar-refractivity contribution < 1.29 is 9.53 Å². The minimum atomic E-state index is -0.283. The van der Waals surface area contributed by atoms with E-state index < -0.39 is 0 Å². The van der Waals surface area contributed by atoms with Crippen LogP contribution in [0.5, 0.6) is 5.75 Å². The molecule has 0 saturated carbocycles. The van der Waals surface area contributed by atoms with Gasteiger partial charge in [-0.05, 0) is 42.5 Å². The number of halogens is 1. The summed E-state index contributed by atoms with van der Waals surface area (Å²) in [6.45, 7) is 1.52. The number of hydrogen-bond acceptors (Lipinski definition) is 5. The lowest BCUT2D eigenvalue weighted by molar-refractivity contribution is 0.102. The average Bonchev–Trinajstić information content (AvgIpc) is 3.17. The van der Waals surface area contributed by atoms with E-state index in [0.29, 0.717) is 11.6 Å². The van der Waals surface area contributed by atoms with Gasteiger partial charge in [0.1, 0.15) is 11.9 Å². The van der Waals surface area contributed by atoms with Crippen LogP contribution in [0.2, 0.25) is 5.02 Å². The van der Waals surface area contributed by atoms with E-state index in [0.717, 1.165) is 30.2 Å². The molecule has 1 unspecified atom stereocenters. The SMILES string of the molecule is O=C(Nc1ccccc1)c1ccc(N2CCC(Oc3cccc(Cl)c3)C2)nn1. The second-order valence-corrected chi connectivity index (χ2v) is 6.97. The Balaban J connectivity index is 1.36. The van der Waals surface area contributed by atoms with Gasteiger partial charge in [-0.25, -0.2) is 0 Å². The first kappa shape index (κ1) is 18.3. The molecule has 2 aromatic carbocycles. The maximum atomic E-state index is 12.3. The highest BCUT2D eigenvalue weighted by molar-refractivity contribution is 6.30. The third-order valence-electron chi connectivity index (χ3n) is 4.48. The van der Waals surface area contributed by atoms with Crippen molar-refractivity contribution in [3.8, 4) is 5.75 Å². The van der Waals surface area contributed by atoms with Gasteiger partial charge in [0.25, 0.3) is 5.91 Å². The summed E-state index contributed by atoms with van der Waals surface area (Å²) < 4.78 is 6.00. The number of para-hydroxylation sites is 1. The van der Waals surface area contributed by atoms with Crippen molar-refractivity contribution >= 4 is 29.0 Å². The van der Waals surface area contributed by atoms with Crippen LogP contribution in [0.3, 0.4) is 0 Å². The largest absolute Gasteiger partial charge is 0.488 e. The normalized spacial score (nSPS) is 16.0. The molecule has 6 nitrogen and oxygen atoms in total. The zero-order valence-electron chi connectivity index (χ0n) is 15.1. The van der Waals surface area contributed by atoms with E-state index in [2.05, 4.69) is 20.4 Å². The molecule has 1 amide bonds. The monoisotopic (exact) mass is 394 g/mol. The van der Waals surface area contributed by atoms with E-state index in [-0.39, 0.29) is 17.7 Å². The molecular weight excluding hydrogens is 376 g/mol. The first-order chi connectivity index (χ1) is 13.7. The van der Waals surface area contributed by atoms with E-state index >= 15 is 0 Å². The van der Waals surface area contributed by atoms with Gasteiger partial charge < -0.3 is 15.0 Å². The van der Waals surface area contributed by atoms with Crippen LogP contribution in [-0.2, 0) is 0 Å². The zero-order valence-corrected chi connectivity index (χ0v) is 15.8. The van der Waals surface area contributed by atoms with Crippen LogP contribution < -0.4 is 15.0 Å². The maximum Gasteiger partial charge on any atom is 0.276 e. The number of anilines is 2. The molecule has 1 aromatic heterocycles. The molecule has 0 spiro atoms. The number of benzene rings is 2. The molecule has 2 heterocycles. The zero-order chi connectivity index (χ0) is 19.3. The van der Waals surface area contributed by atoms with Gasteiger partial charge in [-0.3, -0.25) is 4.79 Å². The summed E-state index contributed by atoms with van der Waals surface area (Å²) in [5, 5.41) is 11.8. The Morgan fingerprint density at radius 2 is 1.93 bits per heavy atom. The highest BCUT2D eigenvalue weighted by Gasteiger charge is 2.25. The molecule has 142 valence electrons. The number of carbonyl (C=O) groups excluding carboxylic acids is 1. The Hall–Kier alpha value is -3.12. The van der Waals surface area contributed by atoms with Crippen molar-refractivity contribution in [3.63, 3.8) is 0 Å². The number of nitrogens with zero attached hydrogens (tertiary/aromatic N) is 3. The summed E-state index contributed by atoms with van der Waals surface area (Å²) in [6.07, 6.45) is 0.936. The number of aromatic nitrogens is 2. The summed E-state index contributed by atoms with van der Waals surface area (Å²) in [6, 6.07) is 20.2. The predicted molar refractivity (Wildman–Crippen MR) is 109 cm³/mol. The first-order valence-electron chi connectivity index (χ1n) is 9.05. The van der Waals surface area contributed by atoms with Crippen molar-refractivity contribution in [1.82, 2.24) is 10.2 Å².